The Balaban J connectivity index is 1.39. The molecule has 0 saturated carbocycles. The Morgan fingerprint density at radius 1 is 1.33 bits per heavy atom. The first-order valence-electron chi connectivity index (χ1n) is 8.41. The maximum atomic E-state index is 12.5. The van der Waals surface area contributed by atoms with Crippen molar-refractivity contribution in [3.63, 3.8) is 0 Å². The molecule has 1 N–H and O–H groups in total. The normalized spacial score (nSPS) is 12.5. The summed E-state index contributed by atoms with van der Waals surface area (Å²) in [4.78, 5) is 29.2. The number of rotatable bonds is 6. The molecule has 0 atom stereocenters. The molecule has 0 spiro atoms. The van der Waals surface area contributed by atoms with Gasteiger partial charge in [-0.05, 0) is 36.1 Å². The molecule has 0 aliphatic carbocycles. The fraction of sp³-hybridized carbons (Fsp3) is 0.278. The van der Waals surface area contributed by atoms with Crippen molar-refractivity contribution in [3.8, 4) is 11.5 Å². The molecular formula is C18H17N3O4S2. The molecule has 9 heteroatoms. The summed E-state index contributed by atoms with van der Waals surface area (Å²) < 4.78 is 12.9. The van der Waals surface area contributed by atoms with Gasteiger partial charge in [0.25, 0.3) is 5.56 Å². The van der Waals surface area contributed by atoms with Gasteiger partial charge in [0.05, 0.1) is 11.3 Å². The molecule has 3 heterocycles. The maximum absolute atomic E-state index is 12.5. The maximum Gasteiger partial charge on any atom is 0.272 e. The third kappa shape index (κ3) is 3.65. The van der Waals surface area contributed by atoms with E-state index in [2.05, 4.69) is 10.3 Å². The summed E-state index contributed by atoms with van der Waals surface area (Å²) in [7, 11) is 0. The number of hydrogen-bond donors (Lipinski definition) is 1. The molecule has 1 aliphatic rings. The highest BCUT2D eigenvalue weighted by Gasteiger charge is 2.15. The number of aromatic nitrogens is 2. The van der Waals surface area contributed by atoms with Gasteiger partial charge in [-0.25, -0.2) is 4.98 Å². The highest BCUT2D eigenvalue weighted by molar-refractivity contribution is 7.99. The lowest BCUT2D eigenvalue weighted by Crippen LogP contribution is -2.26. The number of carbonyl (C=O) groups excluding carboxylic acids is 1. The van der Waals surface area contributed by atoms with Gasteiger partial charge in [0, 0.05) is 13.1 Å². The summed E-state index contributed by atoms with van der Waals surface area (Å²) in [6.07, 6.45) is 0. The Morgan fingerprint density at radius 2 is 2.19 bits per heavy atom. The van der Waals surface area contributed by atoms with Crippen LogP contribution in [0.5, 0.6) is 11.5 Å². The highest BCUT2D eigenvalue weighted by atomic mass is 32.2. The first-order valence-corrected chi connectivity index (χ1v) is 10.3. The minimum absolute atomic E-state index is 0.0548. The first kappa shape index (κ1) is 17.9. The van der Waals surface area contributed by atoms with Crippen LogP contribution in [0.4, 0.5) is 0 Å². The van der Waals surface area contributed by atoms with Crippen LogP contribution in [-0.4, -0.2) is 28.0 Å². The van der Waals surface area contributed by atoms with E-state index in [1.807, 2.05) is 36.6 Å². The van der Waals surface area contributed by atoms with Crippen molar-refractivity contribution in [2.24, 2.45) is 0 Å². The van der Waals surface area contributed by atoms with Gasteiger partial charge in [0.2, 0.25) is 12.7 Å². The Labute approximate surface area is 163 Å². The monoisotopic (exact) mass is 403 g/mol. The van der Waals surface area contributed by atoms with Gasteiger partial charge in [0.15, 0.2) is 16.7 Å². The van der Waals surface area contributed by atoms with Crippen LogP contribution in [0.1, 0.15) is 12.5 Å². The fourth-order valence-electron chi connectivity index (χ4n) is 2.75. The Hall–Kier alpha value is -2.52. The summed E-state index contributed by atoms with van der Waals surface area (Å²) in [6.45, 7) is 3.03. The number of ether oxygens (including phenoxy) is 2. The molecule has 0 bridgehead atoms. The van der Waals surface area contributed by atoms with Crippen molar-refractivity contribution in [1.29, 1.82) is 0 Å². The fourth-order valence-corrected chi connectivity index (χ4v) is 4.42. The van der Waals surface area contributed by atoms with Crippen LogP contribution in [0.2, 0.25) is 0 Å². The van der Waals surface area contributed by atoms with Gasteiger partial charge >= 0.3 is 0 Å². The van der Waals surface area contributed by atoms with Crippen LogP contribution >= 0.6 is 23.1 Å². The average molecular weight is 403 g/mol. The zero-order valence-electron chi connectivity index (χ0n) is 14.6. The molecule has 2 aromatic heterocycles. The van der Waals surface area contributed by atoms with Crippen LogP contribution < -0.4 is 20.3 Å². The molecule has 27 heavy (non-hydrogen) atoms. The van der Waals surface area contributed by atoms with Gasteiger partial charge in [-0.1, -0.05) is 17.8 Å². The van der Waals surface area contributed by atoms with E-state index in [4.69, 9.17) is 9.47 Å². The number of nitrogens with zero attached hydrogens (tertiary/aromatic N) is 2. The van der Waals surface area contributed by atoms with E-state index in [-0.39, 0.29) is 24.0 Å². The van der Waals surface area contributed by atoms with Gasteiger partial charge in [-0.3, -0.25) is 14.2 Å². The van der Waals surface area contributed by atoms with E-state index in [1.165, 1.54) is 23.1 Å². The molecular weight excluding hydrogens is 386 g/mol. The second-order valence-electron chi connectivity index (χ2n) is 5.83. The number of hydrogen-bond acceptors (Lipinski definition) is 7. The Kier molecular flexibility index (Phi) is 5.04. The largest absolute Gasteiger partial charge is 0.454 e. The van der Waals surface area contributed by atoms with Crippen molar-refractivity contribution >= 4 is 39.2 Å². The van der Waals surface area contributed by atoms with Crippen LogP contribution in [0.25, 0.3) is 10.2 Å². The lowest BCUT2D eigenvalue weighted by molar-refractivity contribution is -0.118. The predicted octanol–water partition coefficient (Wildman–Crippen LogP) is 2.62. The van der Waals surface area contributed by atoms with Gasteiger partial charge < -0.3 is 14.8 Å². The molecule has 0 unspecified atom stereocenters. The third-order valence-electron chi connectivity index (χ3n) is 4.11. The molecule has 0 radical (unpaired) electrons. The van der Waals surface area contributed by atoms with Crippen molar-refractivity contribution in [2.45, 2.75) is 25.2 Å². The zero-order valence-corrected chi connectivity index (χ0v) is 16.2. The Morgan fingerprint density at radius 3 is 3.04 bits per heavy atom. The van der Waals surface area contributed by atoms with Gasteiger partial charge in [0.1, 0.15) is 4.70 Å². The molecule has 3 aromatic rings. The first-order chi connectivity index (χ1) is 13.2. The van der Waals surface area contributed by atoms with E-state index < -0.39 is 0 Å². The number of benzene rings is 1. The van der Waals surface area contributed by atoms with Crippen molar-refractivity contribution in [1.82, 2.24) is 14.9 Å². The summed E-state index contributed by atoms with van der Waals surface area (Å²) in [5, 5.41) is 5.29. The number of nitrogens with one attached hydrogen (secondary N) is 1. The van der Waals surface area contributed by atoms with E-state index in [0.29, 0.717) is 40.0 Å². The van der Waals surface area contributed by atoms with Crippen LogP contribution in [0.15, 0.2) is 39.6 Å². The quantitative estimate of drug-likeness (QED) is 0.503. The molecule has 1 amide bonds. The van der Waals surface area contributed by atoms with E-state index in [0.717, 1.165) is 5.56 Å². The molecule has 1 aromatic carbocycles. The van der Waals surface area contributed by atoms with Gasteiger partial charge in [-0.15, -0.1) is 11.3 Å². The number of thiophene rings is 1. The van der Waals surface area contributed by atoms with E-state index >= 15 is 0 Å². The third-order valence-corrected chi connectivity index (χ3v) is 5.97. The zero-order chi connectivity index (χ0) is 18.8. The molecule has 1 aliphatic heterocycles. The summed E-state index contributed by atoms with van der Waals surface area (Å²) in [6, 6.07) is 7.40. The molecule has 0 saturated heterocycles. The van der Waals surface area contributed by atoms with Gasteiger partial charge in [-0.2, -0.15) is 0 Å². The number of thioether (sulfide) groups is 1. The molecule has 0 fully saturated rings. The summed E-state index contributed by atoms with van der Waals surface area (Å²) in [5.74, 6) is 1.47. The molecule has 7 nitrogen and oxygen atoms in total. The number of fused-ring (bicyclic) bond motifs is 2. The highest BCUT2D eigenvalue weighted by Crippen LogP contribution is 2.32. The number of amides is 1. The van der Waals surface area contributed by atoms with Crippen molar-refractivity contribution < 1.29 is 14.3 Å². The van der Waals surface area contributed by atoms with Crippen LogP contribution in [-0.2, 0) is 17.9 Å². The predicted molar refractivity (Wildman–Crippen MR) is 105 cm³/mol. The topological polar surface area (TPSA) is 82.5 Å². The summed E-state index contributed by atoms with van der Waals surface area (Å²) in [5.41, 5.74) is 1.56. The standard InChI is InChI=1S/C18H17N3O4S2/c1-2-21-17(23)16-12(5-6-26-16)20-18(21)27-9-15(22)19-8-11-3-4-13-14(7-11)25-10-24-13/h3-7H,2,8-10H2,1H3,(H,19,22). The second kappa shape index (κ2) is 7.61. The lowest BCUT2D eigenvalue weighted by Gasteiger charge is -2.10. The lowest BCUT2D eigenvalue weighted by atomic mass is 10.2. The van der Waals surface area contributed by atoms with E-state index in [1.54, 1.807) is 4.57 Å². The van der Waals surface area contributed by atoms with Crippen molar-refractivity contribution in [3.05, 3.63) is 45.6 Å². The second-order valence-corrected chi connectivity index (χ2v) is 7.69. The number of carbonyl (C=O) groups is 1. The smallest absolute Gasteiger partial charge is 0.272 e. The van der Waals surface area contributed by atoms with E-state index in [9.17, 15) is 9.59 Å². The molecule has 4 rings (SSSR count). The minimum Gasteiger partial charge on any atom is -0.454 e. The van der Waals surface area contributed by atoms with Crippen LogP contribution in [0, 0.1) is 0 Å². The molecule has 140 valence electrons. The van der Waals surface area contributed by atoms with Crippen LogP contribution in [0.3, 0.4) is 0 Å². The Bertz CT molecular complexity index is 1060. The SMILES string of the molecule is CCn1c(SCC(=O)NCc2ccc3c(c2)OCO3)nc2ccsc2c1=O. The minimum atomic E-state index is -0.125. The van der Waals surface area contributed by atoms with Crippen molar-refractivity contribution in [2.75, 3.05) is 12.5 Å². The average Bonchev–Trinajstić information content (AvgIpc) is 3.33. The summed E-state index contributed by atoms with van der Waals surface area (Å²) >= 11 is 2.65.